The fraction of sp³-hybridized carbons (Fsp3) is 0.0625. The molecule has 3 rings (SSSR count). The summed E-state index contributed by atoms with van der Waals surface area (Å²) in [4.78, 5) is 28.8. The average Bonchev–Trinajstić information content (AvgIpc) is 2.79. The summed E-state index contributed by atoms with van der Waals surface area (Å²) < 4.78 is 6.18. The Hall–Kier alpha value is -2.52. The molecule has 0 saturated carbocycles. The number of amides is 2. The molecule has 0 aliphatic carbocycles. The van der Waals surface area contributed by atoms with Crippen LogP contribution in [0.15, 0.2) is 39.8 Å². The number of aromatic nitrogens is 1. The van der Waals surface area contributed by atoms with E-state index in [9.17, 15) is 14.7 Å². The highest BCUT2D eigenvalue weighted by Crippen LogP contribution is 2.38. The predicted molar refractivity (Wildman–Crippen MR) is 98.3 cm³/mol. The Morgan fingerprint density at radius 3 is 2.76 bits per heavy atom. The summed E-state index contributed by atoms with van der Waals surface area (Å²) in [5.41, 5.74) is 6.18. The summed E-state index contributed by atoms with van der Waals surface area (Å²) in [5.74, 6) is 0.397. The number of anilines is 1. The van der Waals surface area contributed by atoms with Gasteiger partial charge in [0.2, 0.25) is 0 Å². The molecule has 2 amide bonds. The largest absolute Gasteiger partial charge is 0.504 e. The van der Waals surface area contributed by atoms with E-state index in [-0.39, 0.29) is 33.4 Å². The van der Waals surface area contributed by atoms with Crippen molar-refractivity contribution >= 4 is 50.7 Å². The second kappa shape index (κ2) is 6.77. The number of aromatic hydroxyl groups is 1. The van der Waals surface area contributed by atoms with Crippen LogP contribution >= 0.6 is 27.7 Å². The third-order valence-electron chi connectivity index (χ3n) is 3.33. The average molecular weight is 422 g/mol. The van der Waals surface area contributed by atoms with Crippen molar-refractivity contribution in [2.45, 2.75) is 0 Å². The Morgan fingerprint density at radius 2 is 2.12 bits per heavy atom. The SMILES string of the molecule is CN1C(=O)S/C(=C\c2cc(Oc3ccnc(N)c3)c(O)cc2Br)C1=O. The lowest BCUT2D eigenvalue weighted by atomic mass is 10.2. The minimum Gasteiger partial charge on any atom is -0.504 e. The molecule has 0 atom stereocenters. The summed E-state index contributed by atoms with van der Waals surface area (Å²) in [6.45, 7) is 0. The third kappa shape index (κ3) is 3.62. The monoisotopic (exact) mass is 421 g/mol. The van der Waals surface area contributed by atoms with Gasteiger partial charge in [-0.25, -0.2) is 4.98 Å². The molecule has 1 aliphatic rings. The number of nitrogens with zero attached hydrogens (tertiary/aromatic N) is 2. The number of benzene rings is 1. The van der Waals surface area contributed by atoms with Gasteiger partial charge in [0.25, 0.3) is 11.1 Å². The van der Waals surface area contributed by atoms with Crippen molar-refractivity contribution in [2.24, 2.45) is 0 Å². The number of carbonyl (C=O) groups is 2. The van der Waals surface area contributed by atoms with E-state index in [1.807, 2.05) is 0 Å². The first kappa shape index (κ1) is 17.3. The maximum absolute atomic E-state index is 12.0. The molecule has 1 fully saturated rings. The Balaban J connectivity index is 1.96. The minimum atomic E-state index is -0.376. The highest BCUT2D eigenvalue weighted by atomic mass is 79.9. The highest BCUT2D eigenvalue weighted by Gasteiger charge is 2.32. The van der Waals surface area contributed by atoms with Crippen molar-refractivity contribution in [3.05, 3.63) is 45.4 Å². The fourth-order valence-electron chi connectivity index (χ4n) is 2.06. The molecule has 1 aromatic carbocycles. The maximum Gasteiger partial charge on any atom is 0.293 e. The molecule has 128 valence electrons. The second-order valence-electron chi connectivity index (χ2n) is 5.10. The molecule has 25 heavy (non-hydrogen) atoms. The molecule has 0 radical (unpaired) electrons. The predicted octanol–water partition coefficient (Wildman–Crippen LogP) is 3.59. The topological polar surface area (TPSA) is 106 Å². The van der Waals surface area contributed by atoms with E-state index in [1.54, 1.807) is 18.2 Å². The van der Waals surface area contributed by atoms with Crippen molar-refractivity contribution in [2.75, 3.05) is 12.8 Å². The van der Waals surface area contributed by atoms with E-state index < -0.39 is 0 Å². The molecule has 0 spiro atoms. The molecule has 2 aromatic rings. The summed E-state index contributed by atoms with van der Waals surface area (Å²) in [6, 6.07) is 6.12. The lowest BCUT2D eigenvalue weighted by Crippen LogP contribution is -2.22. The summed E-state index contributed by atoms with van der Waals surface area (Å²) in [5, 5.41) is 9.75. The number of rotatable bonds is 3. The number of imide groups is 1. The van der Waals surface area contributed by atoms with E-state index in [0.29, 0.717) is 15.8 Å². The number of phenolic OH excluding ortho intramolecular Hbond substituents is 1. The number of nitrogens with two attached hydrogens (primary N) is 1. The van der Waals surface area contributed by atoms with Gasteiger partial charge in [-0.2, -0.15) is 0 Å². The number of hydrogen-bond acceptors (Lipinski definition) is 7. The fourth-order valence-corrected chi connectivity index (χ4v) is 3.32. The van der Waals surface area contributed by atoms with E-state index in [0.717, 1.165) is 16.7 Å². The molecule has 2 heterocycles. The van der Waals surface area contributed by atoms with Crippen LogP contribution in [0.25, 0.3) is 6.08 Å². The Labute approximate surface area is 155 Å². The van der Waals surface area contributed by atoms with Crippen molar-refractivity contribution in [3.63, 3.8) is 0 Å². The number of carbonyl (C=O) groups excluding carboxylic acids is 2. The lowest BCUT2D eigenvalue weighted by Gasteiger charge is -2.10. The second-order valence-corrected chi connectivity index (χ2v) is 6.95. The van der Waals surface area contributed by atoms with Gasteiger partial charge >= 0.3 is 0 Å². The summed E-state index contributed by atoms with van der Waals surface area (Å²) >= 11 is 4.18. The van der Waals surface area contributed by atoms with Crippen molar-refractivity contribution < 1.29 is 19.4 Å². The van der Waals surface area contributed by atoms with Crippen LogP contribution in [0.4, 0.5) is 10.6 Å². The van der Waals surface area contributed by atoms with Crippen LogP contribution in [0.1, 0.15) is 5.56 Å². The molecule has 1 aromatic heterocycles. The molecular weight excluding hydrogens is 410 g/mol. The Kier molecular flexibility index (Phi) is 4.69. The van der Waals surface area contributed by atoms with Gasteiger partial charge in [0.15, 0.2) is 11.5 Å². The van der Waals surface area contributed by atoms with Crippen LogP contribution in [0, 0.1) is 0 Å². The summed E-state index contributed by atoms with van der Waals surface area (Å²) in [6.07, 6.45) is 3.05. The van der Waals surface area contributed by atoms with Crippen molar-refractivity contribution in [1.29, 1.82) is 0 Å². The van der Waals surface area contributed by atoms with E-state index in [4.69, 9.17) is 10.5 Å². The first-order valence-corrected chi connectivity index (χ1v) is 8.59. The highest BCUT2D eigenvalue weighted by molar-refractivity contribution is 9.10. The molecule has 1 aliphatic heterocycles. The zero-order valence-corrected chi connectivity index (χ0v) is 15.3. The van der Waals surface area contributed by atoms with Gasteiger partial charge in [0, 0.05) is 23.8 Å². The maximum atomic E-state index is 12.0. The van der Waals surface area contributed by atoms with Crippen LogP contribution in [0.3, 0.4) is 0 Å². The molecule has 0 unspecified atom stereocenters. The number of likely N-dealkylation sites (N-methyl/N-ethyl adjacent to an activating group) is 1. The van der Waals surface area contributed by atoms with Crippen molar-refractivity contribution in [3.8, 4) is 17.2 Å². The number of pyridine rings is 1. The van der Waals surface area contributed by atoms with Gasteiger partial charge < -0.3 is 15.6 Å². The van der Waals surface area contributed by atoms with Crippen molar-refractivity contribution in [1.82, 2.24) is 9.88 Å². The number of ether oxygens (including phenoxy) is 1. The standard InChI is InChI=1S/C16H12BrN3O4S/c1-20-15(22)13(25-16(20)23)5-8-4-12(11(21)7-10(8)17)24-9-2-3-19-14(18)6-9/h2-7,21H,1H3,(H2,18,19)/b13-5-. The first-order valence-electron chi connectivity index (χ1n) is 6.98. The third-order valence-corrected chi connectivity index (χ3v) is 4.98. The van der Waals surface area contributed by atoms with Crippen LogP contribution < -0.4 is 10.5 Å². The van der Waals surface area contributed by atoms with Crippen LogP contribution in [-0.4, -0.2) is 33.2 Å². The van der Waals surface area contributed by atoms with E-state index >= 15 is 0 Å². The molecule has 7 nitrogen and oxygen atoms in total. The van der Waals surface area contributed by atoms with E-state index in [2.05, 4.69) is 20.9 Å². The first-order chi connectivity index (χ1) is 11.8. The van der Waals surface area contributed by atoms with Gasteiger partial charge in [-0.05, 0) is 41.6 Å². The molecule has 0 bridgehead atoms. The minimum absolute atomic E-state index is 0.0944. The van der Waals surface area contributed by atoms with Gasteiger partial charge in [-0.15, -0.1) is 0 Å². The Bertz CT molecular complexity index is 916. The van der Waals surface area contributed by atoms with Crippen LogP contribution in [0.5, 0.6) is 17.2 Å². The number of thioether (sulfide) groups is 1. The quantitative estimate of drug-likeness (QED) is 0.729. The van der Waals surface area contributed by atoms with E-state index in [1.165, 1.54) is 25.4 Å². The molecular formula is C16H12BrN3O4S. The van der Waals surface area contributed by atoms with Gasteiger partial charge in [0.1, 0.15) is 11.6 Å². The zero-order valence-electron chi connectivity index (χ0n) is 12.9. The smallest absolute Gasteiger partial charge is 0.293 e. The van der Waals surface area contributed by atoms with Gasteiger partial charge in [0.05, 0.1) is 4.91 Å². The number of halogens is 1. The number of nitrogen functional groups attached to an aromatic ring is 1. The zero-order chi connectivity index (χ0) is 18.1. The molecule has 9 heteroatoms. The summed E-state index contributed by atoms with van der Waals surface area (Å²) in [7, 11) is 1.42. The molecule has 1 saturated heterocycles. The number of hydrogen-bond donors (Lipinski definition) is 2. The van der Waals surface area contributed by atoms with Gasteiger partial charge in [-0.1, -0.05) is 15.9 Å². The van der Waals surface area contributed by atoms with Crippen LogP contribution in [-0.2, 0) is 4.79 Å². The van der Waals surface area contributed by atoms with Gasteiger partial charge in [-0.3, -0.25) is 14.5 Å². The molecule has 3 N–H and O–H groups in total. The Morgan fingerprint density at radius 1 is 1.36 bits per heavy atom. The lowest BCUT2D eigenvalue weighted by molar-refractivity contribution is -0.121. The van der Waals surface area contributed by atoms with Crippen LogP contribution in [0.2, 0.25) is 0 Å². The number of phenols is 1. The normalized spacial score (nSPS) is 15.9.